The van der Waals surface area contributed by atoms with Crippen LogP contribution in [0.3, 0.4) is 0 Å². The van der Waals surface area contributed by atoms with E-state index < -0.39 is 0 Å². The number of halogens is 1. The molecular formula is C19H22ClNOS2. The number of rotatable bonds is 9. The average molecular weight is 380 g/mol. The standard InChI is InChI=1S/C19H22ClNOS2/c1-15-6-8-17(9-7-15)24-12-10-19(22)21-11-13-23-14-16-4-2-3-5-18(16)20/h2-9H,10-14H2,1H3,(H,21,22). The summed E-state index contributed by atoms with van der Waals surface area (Å²) in [5.74, 6) is 2.69. The molecule has 0 aromatic heterocycles. The van der Waals surface area contributed by atoms with E-state index in [1.807, 2.05) is 24.3 Å². The van der Waals surface area contributed by atoms with E-state index in [4.69, 9.17) is 11.6 Å². The highest BCUT2D eigenvalue weighted by Crippen LogP contribution is 2.20. The first-order valence-corrected chi connectivity index (χ1v) is 10.4. The number of hydrogen-bond acceptors (Lipinski definition) is 3. The van der Waals surface area contributed by atoms with Crippen molar-refractivity contribution in [1.29, 1.82) is 0 Å². The quantitative estimate of drug-likeness (QED) is 0.480. The van der Waals surface area contributed by atoms with Gasteiger partial charge >= 0.3 is 0 Å². The van der Waals surface area contributed by atoms with Crippen LogP contribution < -0.4 is 5.32 Å². The summed E-state index contributed by atoms with van der Waals surface area (Å²) in [6, 6.07) is 16.3. The molecule has 1 amide bonds. The molecule has 0 radical (unpaired) electrons. The van der Waals surface area contributed by atoms with Crippen molar-refractivity contribution in [3.63, 3.8) is 0 Å². The molecule has 0 saturated heterocycles. The van der Waals surface area contributed by atoms with Crippen molar-refractivity contribution in [2.24, 2.45) is 0 Å². The van der Waals surface area contributed by atoms with E-state index in [0.29, 0.717) is 13.0 Å². The minimum absolute atomic E-state index is 0.118. The van der Waals surface area contributed by atoms with Gasteiger partial charge in [0.15, 0.2) is 0 Å². The first kappa shape index (κ1) is 19.2. The average Bonchev–Trinajstić information content (AvgIpc) is 2.58. The van der Waals surface area contributed by atoms with Gasteiger partial charge in [-0.1, -0.05) is 47.5 Å². The third-order valence-corrected chi connectivity index (χ3v) is 5.79. The molecule has 0 saturated carbocycles. The number of thioether (sulfide) groups is 2. The fourth-order valence-corrected chi connectivity index (χ4v) is 4.04. The maximum absolute atomic E-state index is 11.8. The molecule has 0 unspecified atom stereocenters. The van der Waals surface area contributed by atoms with Gasteiger partial charge in [0.05, 0.1) is 0 Å². The van der Waals surface area contributed by atoms with Gasteiger partial charge in [0.1, 0.15) is 0 Å². The summed E-state index contributed by atoms with van der Waals surface area (Å²) in [4.78, 5) is 13.0. The highest BCUT2D eigenvalue weighted by Gasteiger charge is 2.03. The van der Waals surface area contributed by atoms with Crippen LogP contribution in [0.25, 0.3) is 0 Å². The lowest BCUT2D eigenvalue weighted by molar-refractivity contribution is -0.120. The Hall–Kier alpha value is -1.10. The maximum atomic E-state index is 11.8. The number of amides is 1. The molecule has 1 N–H and O–H groups in total. The molecule has 128 valence electrons. The monoisotopic (exact) mass is 379 g/mol. The summed E-state index contributed by atoms with van der Waals surface area (Å²) in [6.45, 7) is 2.77. The number of aryl methyl sites for hydroxylation is 1. The van der Waals surface area contributed by atoms with Gasteiger partial charge in [0, 0.05) is 40.1 Å². The van der Waals surface area contributed by atoms with Gasteiger partial charge in [-0.3, -0.25) is 4.79 Å². The highest BCUT2D eigenvalue weighted by molar-refractivity contribution is 7.99. The lowest BCUT2D eigenvalue weighted by Crippen LogP contribution is -2.25. The molecule has 0 aliphatic heterocycles. The van der Waals surface area contributed by atoms with E-state index in [0.717, 1.165) is 27.8 Å². The molecular weight excluding hydrogens is 358 g/mol. The predicted octanol–water partition coefficient (Wildman–Crippen LogP) is 5.18. The fraction of sp³-hybridized carbons (Fsp3) is 0.316. The summed E-state index contributed by atoms with van der Waals surface area (Å²) in [5, 5.41) is 3.78. The van der Waals surface area contributed by atoms with Crippen molar-refractivity contribution in [3.05, 3.63) is 64.7 Å². The van der Waals surface area contributed by atoms with Crippen LogP contribution in [0.5, 0.6) is 0 Å². The molecule has 24 heavy (non-hydrogen) atoms. The number of nitrogens with one attached hydrogen (secondary N) is 1. The largest absolute Gasteiger partial charge is 0.355 e. The molecule has 2 nitrogen and oxygen atoms in total. The molecule has 2 rings (SSSR count). The molecule has 0 spiro atoms. The van der Waals surface area contributed by atoms with Gasteiger partial charge in [0.2, 0.25) is 5.91 Å². The van der Waals surface area contributed by atoms with Gasteiger partial charge in [-0.2, -0.15) is 11.8 Å². The third kappa shape index (κ3) is 7.20. The van der Waals surface area contributed by atoms with Crippen molar-refractivity contribution in [2.75, 3.05) is 18.1 Å². The third-order valence-electron chi connectivity index (χ3n) is 3.40. The Bertz CT molecular complexity index is 646. The van der Waals surface area contributed by atoms with E-state index in [2.05, 4.69) is 36.5 Å². The van der Waals surface area contributed by atoms with Gasteiger partial charge < -0.3 is 5.32 Å². The first-order valence-electron chi connectivity index (χ1n) is 7.92. The van der Waals surface area contributed by atoms with Crippen LogP contribution in [0.15, 0.2) is 53.4 Å². The maximum Gasteiger partial charge on any atom is 0.220 e. The Labute approximate surface area is 157 Å². The van der Waals surface area contributed by atoms with Crippen LogP contribution in [0, 0.1) is 6.92 Å². The van der Waals surface area contributed by atoms with Gasteiger partial charge in [-0.05, 0) is 30.7 Å². The molecule has 0 aliphatic rings. The van der Waals surface area contributed by atoms with Crippen LogP contribution in [0.4, 0.5) is 0 Å². The van der Waals surface area contributed by atoms with E-state index in [1.54, 1.807) is 23.5 Å². The summed E-state index contributed by atoms with van der Waals surface area (Å²) in [5.41, 5.74) is 2.40. The van der Waals surface area contributed by atoms with E-state index in [9.17, 15) is 4.79 Å². The van der Waals surface area contributed by atoms with Crippen LogP contribution in [0.1, 0.15) is 17.5 Å². The molecule has 2 aromatic carbocycles. The molecule has 0 bridgehead atoms. The van der Waals surface area contributed by atoms with E-state index in [-0.39, 0.29) is 5.91 Å². The number of benzene rings is 2. The molecule has 0 fully saturated rings. The molecule has 0 heterocycles. The van der Waals surface area contributed by atoms with Crippen molar-refractivity contribution >= 4 is 41.0 Å². The summed E-state index contributed by atoms with van der Waals surface area (Å²) in [7, 11) is 0. The number of carbonyl (C=O) groups is 1. The Morgan fingerprint density at radius 3 is 2.58 bits per heavy atom. The summed E-state index contributed by atoms with van der Waals surface area (Å²) in [6.07, 6.45) is 0.549. The predicted molar refractivity (Wildman–Crippen MR) is 107 cm³/mol. The first-order chi connectivity index (χ1) is 11.6. The zero-order chi connectivity index (χ0) is 17.2. The second-order valence-electron chi connectivity index (χ2n) is 5.41. The minimum atomic E-state index is 0.118. The number of hydrogen-bond donors (Lipinski definition) is 1. The van der Waals surface area contributed by atoms with Gasteiger partial charge in [0.25, 0.3) is 0 Å². The fourth-order valence-electron chi connectivity index (χ4n) is 2.04. The second kappa shape index (κ2) is 10.7. The van der Waals surface area contributed by atoms with Gasteiger partial charge in [-0.15, -0.1) is 11.8 Å². The van der Waals surface area contributed by atoms with Crippen molar-refractivity contribution in [3.8, 4) is 0 Å². The minimum Gasteiger partial charge on any atom is -0.355 e. The number of carbonyl (C=O) groups excluding carboxylic acids is 1. The van der Waals surface area contributed by atoms with Crippen molar-refractivity contribution < 1.29 is 4.79 Å². The van der Waals surface area contributed by atoms with Crippen molar-refractivity contribution in [2.45, 2.75) is 24.0 Å². The smallest absolute Gasteiger partial charge is 0.220 e. The van der Waals surface area contributed by atoms with Crippen LogP contribution in [-0.4, -0.2) is 24.0 Å². The lowest BCUT2D eigenvalue weighted by Gasteiger charge is -2.06. The topological polar surface area (TPSA) is 29.1 Å². The zero-order valence-electron chi connectivity index (χ0n) is 13.8. The molecule has 2 aromatic rings. The Morgan fingerprint density at radius 1 is 1.08 bits per heavy atom. The second-order valence-corrected chi connectivity index (χ2v) is 8.09. The molecule has 0 atom stereocenters. The molecule has 0 aliphatic carbocycles. The summed E-state index contributed by atoms with van der Waals surface area (Å²) >= 11 is 9.62. The van der Waals surface area contributed by atoms with E-state index >= 15 is 0 Å². The Kier molecular flexibility index (Phi) is 8.57. The molecule has 5 heteroatoms. The normalized spacial score (nSPS) is 10.6. The zero-order valence-corrected chi connectivity index (χ0v) is 16.1. The van der Waals surface area contributed by atoms with Crippen LogP contribution >= 0.6 is 35.1 Å². The Balaban J connectivity index is 1.53. The van der Waals surface area contributed by atoms with Crippen LogP contribution in [-0.2, 0) is 10.5 Å². The van der Waals surface area contributed by atoms with E-state index in [1.165, 1.54) is 10.5 Å². The highest BCUT2D eigenvalue weighted by atomic mass is 35.5. The summed E-state index contributed by atoms with van der Waals surface area (Å²) < 4.78 is 0. The van der Waals surface area contributed by atoms with Crippen LogP contribution in [0.2, 0.25) is 5.02 Å². The van der Waals surface area contributed by atoms with Gasteiger partial charge in [-0.25, -0.2) is 0 Å². The SMILES string of the molecule is Cc1ccc(SCCC(=O)NCCSCc2ccccc2Cl)cc1. The lowest BCUT2D eigenvalue weighted by atomic mass is 10.2. The van der Waals surface area contributed by atoms with Crippen molar-refractivity contribution in [1.82, 2.24) is 5.32 Å². The Morgan fingerprint density at radius 2 is 1.83 bits per heavy atom.